The van der Waals surface area contributed by atoms with Gasteiger partial charge in [0.1, 0.15) is 12.7 Å². The lowest BCUT2D eigenvalue weighted by molar-refractivity contribution is -0.257. The Kier molecular flexibility index (Phi) is 11.3. The fourth-order valence-corrected chi connectivity index (χ4v) is 3.20. The van der Waals surface area contributed by atoms with Gasteiger partial charge >= 0.3 is 23.9 Å². The van der Waals surface area contributed by atoms with E-state index in [1.807, 2.05) is 0 Å². The third-order valence-electron chi connectivity index (χ3n) is 4.11. The zero-order chi connectivity index (χ0) is 23.6. The molecular formula is C19H29NO10S. The highest BCUT2D eigenvalue weighted by Crippen LogP contribution is 2.28. The predicted octanol–water partition coefficient (Wildman–Crippen LogP) is 0.286. The van der Waals surface area contributed by atoms with Crippen LogP contribution in [0.4, 0.5) is 0 Å². The van der Waals surface area contributed by atoms with Crippen LogP contribution in [0.2, 0.25) is 0 Å². The zero-order valence-electron chi connectivity index (χ0n) is 18.0. The Hall–Kier alpha value is -2.34. The van der Waals surface area contributed by atoms with Crippen LogP contribution in [0, 0.1) is 0 Å². The maximum absolute atomic E-state index is 12.3. The van der Waals surface area contributed by atoms with Gasteiger partial charge in [0.15, 0.2) is 24.5 Å². The molecule has 1 aliphatic heterocycles. The Morgan fingerprint density at radius 2 is 1.35 bits per heavy atom. The van der Waals surface area contributed by atoms with E-state index in [-0.39, 0.29) is 13.0 Å². The highest BCUT2D eigenvalue weighted by Gasteiger charge is 2.52. The molecule has 1 rings (SSSR count). The average molecular weight is 464 g/mol. The second-order valence-corrected chi connectivity index (χ2v) is 7.32. The van der Waals surface area contributed by atoms with Crippen LogP contribution in [0.5, 0.6) is 0 Å². The first-order valence-corrected chi connectivity index (χ1v) is 10.4. The molecule has 0 aromatic carbocycles. The lowest BCUT2D eigenvalue weighted by Gasteiger charge is -2.44. The second-order valence-electron chi connectivity index (χ2n) is 6.87. The Bertz CT molecular complexity index is 670. The van der Waals surface area contributed by atoms with Gasteiger partial charge in [-0.3, -0.25) is 24.0 Å². The van der Waals surface area contributed by atoms with Crippen molar-refractivity contribution < 1.29 is 47.7 Å². The number of amides is 1. The summed E-state index contributed by atoms with van der Waals surface area (Å²) in [4.78, 5) is 58.7. The molecule has 1 amide bonds. The van der Waals surface area contributed by atoms with Crippen LogP contribution in [-0.4, -0.2) is 72.8 Å². The zero-order valence-corrected chi connectivity index (χ0v) is 18.8. The third kappa shape index (κ3) is 9.55. The molecule has 12 heteroatoms. The SMILES string of the molecule is CC(=O)OCC1OC(NC(=O)CCCCS)C(OC(C)=O)C(OC(C)=O)C1OC(C)=O. The van der Waals surface area contributed by atoms with Crippen molar-refractivity contribution in [1.82, 2.24) is 5.32 Å². The molecule has 0 saturated carbocycles. The minimum atomic E-state index is -1.32. The van der Waals surface area contributed by atoms with Crippen molar-refractivity contribution in [1.29, 1.82) is 0 Å². The van der Waals surface area contributed by atoms with E-state index in [1.165, 1.54) is 6.92 Å². The highest BCUT2D eigenvalue weighted by atomic mass is 32.1. The molecule has 1 saturated heterocycles. The standard InChI is InChI=1S/C19H29NO10S/c1-10(21)26-9-14-16(27-11(2)22)17(28-12(3)23)18(29-13(4)24)19(30-14)20-15(25)7-5-6-8-31/h14,16-19,31H,5-9H2,1-4H3,(H,20,25). The second kappa shape index (κ2) is 13.2. The Morgan fingerprint density at radius 1 is 0.806 bits per heavy atom. The number of carbonyl (C=O) groups excluding carboxylic acids is 5. The maximum Gasteiger partial charge on any atom is 0.303 e. The van der Waals surface area contributed by atoms with E-state index in [4.69, 9.17) is 23.7 Å². The summed E-state index contributed by atoms with van der Waals surface area (Å²) in [6, 6.07) is 0. The van der Waals surface area contributed by atoms with Crippen molar-refractivity contribution in [3.8, 4) is 0 Å². The lowest BCUT2D eigenvalue weighted by atomic mass is 9.97. The van der Waals surface area contributed by atoms with Crippen molar-refractivity contribution in [3.05, 3.63) is 0 Å². The minimum absolute atomic E-state index is 0.160. The molecule has 0 aromatic rings. The molecule has 31 heavy (non-hydrogen) atoms. The first-order valence-electron chi connectivity index (χ1n) is 9.75. The molecule has 0 radical (unpaired) electrons. The number of hydrogen-bond acceptors (Lipinski definition) is 11. The van der Waals surface area contributed by atoms with Crippen LogP contribution in [0.1, 0.15) is 47.0 Å². The molecule has 1 N–H and O–H groups in total. The van der Waals surface area contributed by atoms with Gasteiger partial charge in [-0.15, -0.1) is 0 Å². The molecule has 1 fully saturated rings. The fourth-order valence-electron chi connectivity index (χ4n) is 2.97. The molecular weight excluding hydrogens is 434 g/mol. The largest absolute Gasteiger partial charge is 0.463 e. The van der Waals surface area contributed by atoms with Crippen molar-refractivity contribution in [2.24, 2.45) is 0 Å². The average Bonchev–Trinajstić information content (AvgIpc) is 2.64. The van der Waals surface area contributed by atoms with Crippen LogP contribution in [0.15, 0.2) is 0 Å². The van der Waals surface area contributed by atoms with E-state index in [0.29, 0.717) is 12.2 Å². The summed E-state index contributed by atoms with van der Waals surface area (Å²) in [5.41, 5.74) is 0. The molecule has 0 bridgehead atoms. The van der Waals surface area contributed by atoms with Crippen molar-refractivity contribution >= 4 is 42.4 Å². The van der Waals surface area contributed by atoms with Gasteiger partial charge in [-0.2, -0.15) is 12.6 Å². The molecule has 5 atom stereocenters. The summed E-state index contributed by atoms with van der Waals surface area (Å²) in [5, 5.41) is 2.59. The van der Waals surface area contributed by atoms with E-state index < -0.39 is 60.4 Å². The molecule has 0 spiro atoms. The summed E-state index contributed by atoms with van der Waals surface area (Å²) in [6.07, 6.45) is -4.79. The first-order chi connectivity index (χ1) is 14.5. The quantitative estimate of drug-likeness (QED) is 0.201. The van der Waals surface area contributed by atoms with Crippen molar-refractivity contribution in [2.75, 3.05) is 12.4 Å². The Balaban J connectivity index is 3.23. The van der Waals surface area contributed by atoms with Gasteiger partial charge in [0, 0.05) is 34.1 Å². The summed E-state index contributed by atoms with van der Waals surface area (Å²) in [5.74, 6) is -2.61. The van der Waals surface area contributed by atoms with E-state index in [1.54, 1.807) is 0 Å². The monoisotopic (exact) mass is 463 g/mol. The molecule has 176 valence electrons. The summed E-state index contributed by atoms with van der Waals surface area (Å²) in [7, 11) is 0. The van der Waals surface area contributed by atoms with Gasteiger partial charge in [-0.1, -0.05) is 0 Å². The molecule has 1 heterocycles. The first kappa shape index (κ1) is 26.7. The van der Waals surface area contributed by atoms with Crippen LogP contribution in [0.3, 0.4) is 0 Å². The van der Waals surface area contributed by atoms with E-state index in [2.05, 4.69) is 17.9 Å². The van der Waals surface area contributed by atoms with E-state index >= 15 is 0 Å². The number of rotatable bonds is 10. The van der Waals surface area contributed by atoms with Crippen LogP contribution in [-0.2, 0) is 47.7 Å². The Morgan fingerprint density at radius 3 is 1.87 bits per heavy atom. The van der Waals surface area contributed by atoms with Crippen LogP contribution in [0.25, 0.3) is 0 Å². The number of ether oxygens (including phenoxy) is 5. The number of unbranched alkanes of at least 4 members (excludes halogenated alkanes) is 1. The number of esters is 4. The number of thiol groups is 1. The summed E-state index contributed by atoms with van der Waals surface area (Å²) in [6.45, 7) is 4.20. The summed E-state index contributed by atoms with van der Waals surface area (Å²) >= 11 is 4.09. The Labute approximate surface area is 185 Å². The van der Waals surface area contributed by atoms with Crippen LogP contribution < -0.4 is 5.32 Å². The molecule has 0 aliphatic carbocycles. The number of nitrogens with one attached hydrogen (secondary N) is 1. The minimum Gasteiger partial charge on any atom is -0.463 e. The van der Waals surface area contributed by atoms with Gasteiger partial charge in [0.25, 0.3) is 0 Å². The highest BCUT2D eigenvalue weighted by molar-refractivity contribution is 7.80. The van der Waals surface area contributed by atoms with Crippen molar-refractivity contribution in [3.63, 3.8) is 0 Å². The molecule has 0 aromatic heterocycles. The molecule has 1 aliphatic rings. The third-order valence-corrected chi connectivity index (χ3v) is 4.42. The molecule has 5 unspecified atom stereocenters. The maximum atomic E-state index is 12.3. The van der Waals surface area contributed by atoms with Crippen molar-refractivity contribution in [2.45, 2.75) is 77.6 Å². The topological polar surface area (TPSA) is 144 Å². The summed E-state index contributed by atoms with van der Waals surface area (Å²) < 4.78 is 26.6. The number of carbonyl (C=O) groups is 5. The van der Waals surface area contributed by atoms with Gasteiger partial charge in [-0.05, 0) is 18.6 Å². The number of hydrogen-bond donors (Lipinski definition) is 2. The molecule has 11 nitrogen and oxygen atoms in total. The van der Waals surface area contributed by atoms with E-state index in [0.717, 1.165) is 27.2 Å². The van der Waals surface area contributed by atoms with E-state index in [9.17, 15) is 24.0 Å². The smallest absolute Gasteiger partial charge is 0.303 e. The van der Waals surface area contributed by atoms with Gasteiger partial charge < -0.3 is 29.0 Å². The van der Waals surface area contributed by atoms with Gasteiger partial charge in [-0.25, -0.2) is 0 Å². The van der Waals surface area contributed by atoms with Gasteiger partial charge in [0.05, 0.1) is 0 Å². The lowest BCUT2D eigenvalue weighted by Crippen LogP contribution is -2.66. The predicted molar refractivity (Wildman–Crippen MR) is 108 cm³/mol. The van der Waals surface area contributed by atoms with Gasteiger partial charge in [0.2, 0.25) is 5.91 Å². The fraction of sp³-hybridized carbons (Fsp3) is 0.737. The normalized spacial score (nSPS) is 25.1. The van der Waals surface area contributed by atoms with Crippen LogP contribution >= 0.6 is 12.6 Å².